The number of aromatic nitrogens is 1. The van der Waals surface area contributed by atoms with Crippen molar-refractivity contribution in [1.29, 1.82) is 0 Å². The maximum Gasteiger partial charge on any atom is 0.152 e. The average molecular weight is 293 g/mol. The molecule has 1 unspecified atom stereocenters. The number of hydrogen-bond donors (Lipinski definition) is 0. The quantitative estimate of drug-likeness (QED) is 0.676. The zero-order valence-corrected chi connectivity index (χ0v) is 12.3. The van der Waals surface area contributed by atoms with E-state index < -0.39 is 0 Å². The van der Waals surface area contributed by atoms with Gasteiger partial charge in [-0.1, -0.05) is 36.4 Å². The molecule has 1 aliphatic rings. The standard InChI is InChI=1S/C18H15NOS/c20-12-14-10-19(17-7-3-2-6-16(14)17)11-15-9-13-5-1-4-8-18(13)21-15/h1-8,10,12,15H,9,11H2. The molecule has 1 aromatic heterocycles. The Morgan fingerprint density at radius 1 is 1.14 bits per heavy atom. The molecule has 2 nitrogen and oxygen atoms in total. The highest BCUT2D eigenvalue weighted by Gasteiger charge is 2.22. The fourth-order valence-electron chi connectivity index (χ4n) is 3.10. The lowest BCUT2D eigenvalue weighted by molar-refractivity contribution is 0.112. The van der Waals surface area contributed by atoms with Crippen LogP contribution < -0.4 is 0 Å². The highest BCUT2D eigenvalue weighted by Crippen LogP contribution is 2.38. The molecule has 21 heavy (non-hydrogen) atoms. The Hall–Kier alpha value is -2.00. The summed E-state index contributed by atoms with van der Waals surface area (Å²) in [6.45, 7) is 0.938. The zero-order chi connectivity index (χ0) is 14.2. The van der Waals surface area contributed by atoms with Crippen LogP contribution in [0, 0.1) is 0 Å². The normalized spacial score (nSPS) is 17.0. The molecule has 0 spiro atoms. The molecular weight excluding hydrogens is 278 g/mol. The van der Waals surface area contributed by atoms with E-state index in [1.165, 1.54) is 10.5 Å². The lowest BCUT2D eigenvalue weighted by Crippen LogP contribution is -2.11. The third-order valence-corrected chi connectivity index (χ3v) is 5.36. The monoisotopic (exact) mass is 293 g/mol. The summed E-state index contributed by atoms with van der Waals surface area (Å²) in [6.07, 6.45) is 4.04. The van der Waals surface area contributed by atoms with E-state index >= 15 is 0 Å². The second-order valence-corrected chi connectivity index (χ2v) is 6.77. The topological polar surface area (TPSA) is 22.0 Å². The van der Waals surface area contributed by atoms with Crippen LogP contribution in [0.4, 0.5) is 0 Å². The number of nitrogens with zero attached hydrogens (tertiary/aromatic N) is 1. The summed E-state index contributed by atoms with van der Waals surface area (Å²) >= 11 is 1.95. The van der Waals surface area contributed by atoms with E-state index in [1.54, 1.807) is 0 Å². The van der Waals surface area contributed by atoms with Gasteiger partial charge in [-0.25, -0.2) is 0 Å². The molecule has 0 aliphatic carbocycles. The summed E-state index contributed by atoms with van der Waals surface area (Å²) in [6, 6.07) is 16.8. The third-order valence-electron chi connectivity index (χ3n) is 4.06. The highest BCUT2D eigenvalue weighted by atomic mass is 32.2. The first-order chi connectivity index (χ1) is 10.3. The number of fused-ring (bicyclic) bond motifs is 2. The van der Waals surface area contributed by atoms with Gasteiger partial charge in [0, 0.05) is 39.4 Å². The highest BCUT2D eigenvalue weighted by molar-refractivity contribution is 8.00. The molecule has 0 saturated carbocycles. The largest absolute Gasteiger partial charge is 0.346 e. The number of hydrogen-bond acceptors (Lipinski definition) is 2. The molecule has 4 rings (SSSR count). The van der Waals surface area contributed by atoms with Crippen molar-refractivity contribution in [3.05, 3.63) is 65.9 Å². The van der Waals surface area contributed by atoms with Gasteiger partial charge in [0.1, 0.15) is 0 Å². The minimum Gasteiger partial charge on any atom is -0.346 e. The minimum absolute atomic E-state index is 0.540. The van der Waals surface area contributed by atoms with Crippen molar-refractivity contribution in [2.75, 3.05) is 0 Å². The molecule has 0 fully saturated rings. The van der Waals surface area contributed by atoms with E-state index in [0.29, 0.717) is 5.25 Å². The van der Waals surface area contributed by atoms with Gasteiger partial charge in [-0.2, -0.15) is 0 Å². The number of carbonyl (C=O) groups excluding carboxylic acids is 1. The smallest absolute Gasteiger partial charge is 0.152 e. The predicted octanol–water partition coefficient (Wildman–Crippen LogP) is 4.17. The Morgan fingerprint density at radius 3 is 2.81 bits per heavy atom. The summed E-state index contributed by atoms with van der Waals surface area (Å²) in [5, 5.41) is 1.59. The molecule has 2 heterocycles. The fourth-order valence-corrected chi connectivity index (χ4v) is 4.41. The minimum atomic E-state index is 0.540. The lowest BCUT2D eigenvalue weighted by atomic mass is 10.1. The van der Waals surface area contributed by atoms with Gasteiger partial charge in [0.05, 0.1) is 0 Å². The van der Waals surface area contributed by atoms with Crippen molar-refractivity contribution < 1.29 is 4.79 Å². The van der Waals surface area contributed by atoms with Gasteiger partial charge in [0.2, 0.25) is 0 Å². The number of benzene rings is 2. The first kappa shape index (κ1) is 12.7. The second-order valence-electron chi connectivity index (χ2n) is 5.42. The van der Waals surface area contributed by atoms with E-state index in [4.69, 9.17) is 0 Å². The van der Waals surface area contributed by atoms with E-state index in [0.717, 1.165) is 35.7 Å². The second kappa shape index (κ2) is 5.08. The molecule has 0 radical (unpaired) electrons. The number of thioether (sulfide) groups is 1. The number of aldehydes is 1. The molecule has 3 aromatic rings. The molecule has 2 aromatic carbocycles. The van der Waals surface area contributed by atoms with Crippen molar-refractivity contribution in [3.8, 4) is 0 Å². The predicted molar refractivity (Wildman–Crippen MR) is 87.1 cm³/mol. The molecule has 1 atom stereocenters. The van der Waals surface area contributed by atoms with E-state index in [-0.39, 0.29) is 0 Å². The zero-order valence-electron chi connectivity index (χ0n) is 11.5. The van der Waals surface area contributed by atoms with Gasteiger partial charge >= 0.3 is 0 Å². The Labute approximate surface area is 127 Å². The molecular formula is C18H15NOS. The summed E-state index contributed by atoms with van der Waals surface area (Å²) in [7, 11) is 0. The Bertz CT molecular complexity index is 796. The average Bonchev–Trinajstić information content (AvgIpc) is 3.08. The van der Waals surface area contributed by atoms with Crippen LogP contribution in [0.25, 0.3) is 10.9 Å². The summed E-state index contributed by atoms with van der Waals surface area (Å²) in [4.78, 5) is 12.6. The molecule has 0 saturated heterocycles. The van der Waals surface area contributed by atoms with Gasteiger partial charge in [-0.3, -0.25) is 4.79 Å². The summed E-state index contributed by atoms with van der Waals surface area (Å²) in [5.41, 5.74) is 3.38. The van der Waals surface area contributed by atoms with Crippen LogP contribution in [0.5, 0.6) is 0 Å². The van der Waals surface area contributed by atoms with Gasteiger partial charge in [0.15, 0.2) is 6.29 Å². The fraction of sp³-hybridized carbons (Fsp3) is 0.167. The van der Waals surface area contributed by atoms with Crippen molar-refractivity contribution in [3.63, 3.8) is 0 Å². The molecule has 0 bridgehead atoms. The third kappa shape index (κ3) is 2.18. The van der Waals surface area contributed by atoms with Gasteiger partial charge in [-0.15, -0.1) is 11.8 Å². The maximum atomic E-state index is 11.2. The van der Waals surface area contributed by atoms with Crippen LogP contribution >= 0.6 is 11.8 Å². The van der Waals surface area contributed by atoms with Crippen LogP contribution in [-0.2, 0) is 13.0 Å². The first-order valence-corrected chi connectivity index (χ1v) is 8.01. The lowest BCUT2D eigenvalue weighted by Gasteiger charge is -2.11. The summed E-state index contributed by atoms with van der Waals surface area (Å²) in [5.74, 6) is 0. The SMILES string of the molecule is O=Cc1cn(CC2Cc3ccccc3S2)c2ccccc12. The molecule has 0 amide bonds. The Kier molecular flexibility index (Phi) is 3.08. The Balaban J connectivity index is 1.66. The molecule has 0 N–H and O–H groups in total. The van der Waals surface area contributed by atoms with E-state index in [9.17, 15) is 4.79 Å². The van der Waals surface area contributed by atoms with Crippen molar-refractivity contribution in [2.45, 2.75) is 23.1 Å². The van der Waals surface area contributed by atoms with Crippen molar-refractivity contribution >= 4 is 29.0 Å². The number of carbonyl (C=O) groups is 1. The van der Waals surface area contributed by atoms with Crippen LogP contribution in [0.3, 0.4) is 0 Å². The number of rotatable bonds is 3. The van der Waals surface area contributed by atoms with Gasteiger partial charge < -0.3 is 4.57 Å². The van der Waals surface area contributed by atoms with Crippen LogP contribution in [0.2, 0.25) is 0 Å². The van der Waals surface area contributed by atoms with Gasteiger partial charge in [0.25, 0.3) is 0 Å². The summed E-state index contributed by atoms with van der Waals surface area (Å²) < 4.78 is 2.22. The van der Waals surface area contributed by atoms with Crippen LogP contribution in [-0.4, -0.2) is 16.1 Å². The van der Waals surface area contributed by atoms with E-state index in [1.807, 2.05) is 36.2 Å². The molecule has 1 aliphatic heterocycles. The first-order valence-electron chi connectivity index (χ1n) is 7.13. The van der Waals surface area contributed by atoms with Crippen molar-refractivity contribution in [2.24, 2.45) is 0 Å². The van der Waals surface area contributed by atoms with Crippen molar-refractivity contribution in [1.82, 2.24) is 4.57 Å². The molecule has 3 heteroatoms. The molecule has 104 valence electrons. The number of para-hydroxylation sites is 1. The maximum absolute atomic E-state index is 11.2. The van der Waals surface area contributed by atoms with E-state index in [2.05, 4.69) is 34.9 Å². The van der Waals surface area contributed by atoms with Gasteiger partial charge in [-0.05, 0) is 24.1 Å². The van der Waals surface area contributed by atoms with Crippen LogP contribution in [0.1, 0.15) is 15.9 Å². The van der Waals surface area contributed by atoms with Crippen LogP contribution in [0.15, 0.2) is 59.6 Å². The Morgan fingerprint density at radius 2 is 1.95 bits per heavy atom.